The van der Waals surface area contributed by atoms with Crippen molar-refractivity contribution in [3.8, 4) is 0 Å². The summed E-state index contributed by atoms with van der Waals surface area (Å²) in [7, 11) is -3.79. The maximum atomic E-state index is 12.3. The molecule has 0 spiro atoms. The fraction of sp³-hybridized carbons (Fsp3) is 0.0833. The van der Waals surface area contributed by atoms with Gasteiger partial charge in [-0.1, -0.05) is 17.7 Å². The SMILES string of the molecule is O=S(=O)(NCc1ccco1)c1c(Cl)nc2ccccn12. The van der Waals surface area contributed by atoms with Crippen LogP contribution in [-0.2, 0) is 16.6 Å². The largest absolute Gasteiger partial charge is 0.468 e. The monoisotopic (exact) mass is 311 g/mol. The Hall–Kier alpha value is -1.83. The van der Waals surface area contributed by atoms with Gasteiger partial charge >= 0.3 is 0 Å². The zero-order valence-corrected chi connectivity index (χ0v) is 11.7. The van der Waals surface area contributed by atoms with Crippen LogP contribution in [0.25, 0.3) is 5.65 Å². The molecule has 8 heteroatoms. The number of imidazole rings is 1. The molecule has 0 saturated carbocycles. The zero-order chi connectivity index (χ0) is 14.2. The summed E-state index contributed by atoms with van der Waals surface area (Å²) in [5, 5.41) is -0.149. The van der Waals surface area contributed by atoms with Gasteiger partial charge in [-0.3, -0.25) is 4.40 Å². The molecule has 0 unspecified atom stereocenters. The molecule has 0 aliphatic heterocycles. The van der Waals surface area contributed by atoms with Gasteiger partial charge in [0, 0.05) is 6.20 Å². The first-order chi connectivity index (χ1) is 9.58. The van der Waals surface area contributed by atoms with Crippen LogP contribution in [0.4, 0.5) is 0 Å². The molecule has 6 nitrogen and oxygen atoms in total. The molecule has 20 heavy (non-hydrogen) atoms. The fourth-order valence-electron chi connectivity index (χ4n) is 1.83. The molecule has 0 saturated heterocycles. The van der Waals surface area contributed by atoms with E-state index in [0.717, 1.165) is 0 Å². The van der Waals surface area contributed by atoms with Crippen molar-refractivity contribution in [1.29, 1.82) is 0 Å². The summed E-state index contributed by atoms with van der Waals surface area (Å²) < 4.78 is 33.6. The van der Waals surface area contributed by atoms with Crippen LogP contribution < -0.4 is 4.72 Å². The summed E-state index contributed by atoms with van der Waals surface area (Å²) in [4.78, 5) is 4.01. The quantitative estimate of drug-likeness (QED) is 0.800. The molecule has 0 fully saturated rings. The molecule has 3 heterocycles. The number of nitrogens with zero attached hydrogens (tertiary/aromatic N) is 2. The molecule has 0 bridgehead atoms. The molecule has 0 amide bonds. The molecule has 3 aromatic heterocycles. The summed E-state index contributed by atoms with van der Waals surface area (Å²) in [6, 6.07) is 8.50. The van der Waals surface area contributed by atoms with E-state index in [1.165, 1.54) is 10.7 Å². The molecule has 3 aromatic rings. The van der Waals surface area contributed by atoms with Gasteiger partial charge in [0.2, 0.25) is 0 Å². The molecule has 0 aliphatic carbocycles. The lowest BCUT2D eigenvalue weighted by Crippen LogP contribution is -2.24. The number of sulfonamides is 1. The minimum absolute atomic E-state index is 0.0474. The maximum Gasteiger partial charge on any atom is 0.260 e. The second kappa shape index (κ2) is 4.93. The normalized spacial score (nSPS) is 12.1. The van der Waals surface area contributed by atoms with Crippen molar-refractivity contribution in [2.45, 2.75) is 11.6 Å². The fourth-order valence-corrected chi connectivity index (χ4v) is 3.46. The van der Waals surface area contributed by atoms with E-state index in [0.29, 0.717) is 11.4 Å². The van der Waals surface area contributed by atoms with Gasteiger partial charge in [-0.05, 0) is 24.3 Å². The first-order valence-electron chi connectivity index (χ1n) is 5.72. The van der Waals surface area contributed by atoms with E-state index in [-0.39, 0.29) is 16.7 Å². The average molecular weight is 312 g/mol. The van der Waals surface area contributed by atoms with Gasteiger partial charge in [-0.25, -0.2) is 18.1 Å². The predicted octanol–water partition coefficient (Wildman–Crippen LogP) is 2.06. The van der Waals surface area contributed by atoms with E-state index in [2.05, 4.69) is 9.71 Å². The number of halogens is 1. The second-order valence-electron chi connectivity index (χ2n) is 4.04. The Morgan fingerprint density at radius 2 is 2.15 bits per heavy atom. The second-order valence-corrected chi connectivity index (χ2v) is 6.08. The maximum absolute atomic E-state index is 12.3. The highest BCUT2D eigenvalue weighted by Crippen LogP contribution is 2.22. The van der Waals surface area contributed by atoms with Gasteiger partial charge < -0.3 is 4.42 Å². The molecule has 0 aromatic carbocycles. The molecule has 0 atom stereocenters. The van der Waals surface area contributed by atoms with Crippen molar-refractivity contribution >= 4 is 27.3 Å². The van der Waals surface area contributed by atoms with E-state index >= 15 is 0 Å². The third-order valence-corrected chi connectivity index (χ3v) is 4.52. The molecule has 0 aliphatic rings. The van der Waals surface area contributed by atoms with E-state index in [1.54, 1.807) is 36.5 Å². The van der Waals surface area contributed by atoms with Crippen LogP contribution in [0.5, 0.6) is 0 Å². The van der Waals surface area contributed by atoms with Crippen molar-refractivity contribution in [1.82, 2.24) is 14.1 Å². The third kappa shape index (κ3) is 2.31. The minimum atomic E-state index is -3.79. The first-order valence-corrected chi connectivity index (χ1v) is 7.59. The Balaban J connectivity index is 1.98. The average Bonchev–Trinajstić information content (AvgIpc) is 3.02. The highest BCUT2D eigenvalue weighted by molar-refractivity contribution is 7.89. The molecular formula is C12H10ClN3O3S. The summed E-state index contributed by atoms with van der Waals surface area (Å²) in [6.07, 6.45) is 3.07. The lowest BCUT2D eigenvalue weighted by molar-refractivity contribution is 0.498. The summed E-state index contributed by atoms with van der Waals surface area (Å²) in [5.74, 6) is 0.513. The Bertz CT molecular complexity index is 840. The lowest BCUT2D eigenvalue weighted by atomic mass is 10.5. The number of hydrogen-bond donors (Lipinski definition) is 1. The molecule has 1 N–H and O–H groups in total. The molecule has 104 valence electrons. The van der Waals surface area contributed by atoms with Crippen molar-refractivity contribution in [3.05, 3.63) is 53.7 Å². The summed E-state index contributed by atoms with van der Waals surface area (Å²) in [5.41, 5.74) is 0.468. The number of furan rings is 1. The highest BCUT2D eigenvalue weighted by atomic mass is 35.5. The Morgan fingerprint density at radius 1 is 1.30 bits per heavy atom. The third-order valence-electron chi connectivity index (χ3n) is 2.72. The van der Waals surface area contributed by atoms with E-state index < -0.39 is 10.0 Å². The van der Waals surface area contributed by atoms with Crippen LogP contribution >= 0.6 is 11.6 Å². The highest BCUT2D eigenvalue weighted by Gasteiger charge is 2.24. The molecular weight excluding hydrogens is 302 g/mol. The number of rotatable bonds is 4. The van der Waals surface area contributed by atoms with Crippen molar-refractivity contribution in [2.24, 2.45) is 0 Å². The van der Waals surface area contributed by atoms with E-state index in [1.807, 2.05) is 0 Å². The van der Waals surface area contributed by atoms with Gasteiger partial charge in [0.05, 0.1) is 12.8 Å². The smallest absolute Gasteiger partial charge is 0.260 e. The van der Waals surface area contributed by atoms with Crippen LogP contribution in [0.2, 0.25) is 5.15 Å². The standard InChI is InChI=1S/C12H10ClN3O3S/c13-11-12(16-6-2-1-5-10(16)15-11)20(17,18)14-8-9-4-3-7-19-9/h1-7,14H,8H2. The Kier molecular flexibility index (Phi) is 3.25. The minimum Gasteiger partial charge on any atom is -0.468 e. The number of fused-ring (bicyclic) bond motifs is 1. The van der Waals surface area contributed by atoms with Gasteiger partial charge in [-0.2, -0.15) is 0 Å². The van der Waals surface area contributed by atoms with Gasteiger partial charge in [0.15, 0.2) is 10.2 Å². The van der Waals surface area contributed by atoms with Crippen LogP contribution in [0.3, 0.4) is 0 Å². The number of aromatic nitrogens is 2. The number of hydrogen-bond acceptors (Lipinski definition) is 4. The van der Waals surface area contributed by atoms with Crippen LogP contribution in [0, 0.1) is 0 Å². The van der Waals surface area contributed by atoms with Gasteiger partial charge in [0.1, 0.15) is 11.4 Å². The summed E-state index contributed by atoms with van der Waals surface area (Å²) in [6.45, 7) is 0.0474. The zero-order valence-electron chi connectivity index (χ0n) is 10.2. The van der Waals surface area contributed by atoms with E-state index in [4.69, 9.17) is 16.0 Å². The summed E-state index contributed by atoms with van der Waals surface area (Å²) >= 11 is 5.94. The van der Waals surface area contributed by atoms with Crippen LogP contribution in [-0.4, -0.2) is 17.8 Å². The number of nitrogens with one attached hydrogen (secondary N) is 1. The molecule has 3 rings (SSSR count). The van der Waals surface area contributed by atoms with E-state index in [9.17, 15) is 8.42 Å². The lowest BCUT2D eigenvalue weighted by Gasteiger charge is -2.05. The number of pyridine rings is 1. The van der Waals surface area contributed by atoms with Crippen LogP contribution in [0.1, 0.15) is 5.76 Å². The van der Waals surface area contributed by atoms with Crippen molar-refractivity contribution in [2.75, 3.05) is 0 Å². The Morgan fingerprint density at radius 3 is 2.90 bits per heavy atom. The van der Waals surface area contributed by atoms with Crippen molar-refractivity contribution < 1.29 is 12.8 Å². The predicted molar refractivity (Wildman–Crippen MR) is 72.9 cm³/mol. The van der Waals surface area contributed by atoms with Crippen LogP contribution in [0.15, 0.2) is 52.2 Å². The van der Waals surface area contributed by atoms with Crippen molar-refractivity contribution in [3.63, 3.8) is 0 Å². The molecule has 0 radical (unpaired) electrons. The topological polar surface area (TPSA) is 76.6 Å². The van der Waals surface area contributed by atoms with Gasteiger partial charge in [0.25, 0.3) is 10.0 Å². The first kappa shape index (κ1) is 13.2. The van der Waals surface area contributed by atoms with Gasteiger partial charge in [-0.15, -0.1) is 0 Å². The Labute approximate surface area is 120 Å².